The molecule has 0 amide bonds. The van der Waals surface area contributed by atoms with Crippen LogP contribution in [0.15, 0.2) is 10.4 Å². The van der Waals surface area contributed by atoms with Crippen LogP contribution >= 0.6 is 11.3 Å². The standard InChI is InChI=1S/C15H26N4S/c1-11-6-5-7-19(9-11)14(16)17-8-13-18-12(10-20-13)15(2,3)4/h10-11H,5-9H2,1-4H3,(H2,16,17). The predicted molar refractivity (Wildman–Crippen MR) is 86.1 cm³/mol. The highest BCUT2D eigenvalue weighted by Crippen LogP contribution is 2.24. The summed E-state index contributed by atoms with van der Waals surface area (Å²) in [5, 5.41) is 3.17. The van der Waals surface area contributed by atoms with Crippen molar-refractivity contribution in [1.29, 1.82) is 0 Å². The Labute approximate surface area is 126 Å². The number of hydrogen-bond donors (Lipinski definition) is 1. The summed E-state index contributed by atoms with van der Waals surface area (Å²) >= 11 is 1.67. The first-order chi connectivity index (χ1) is 9.36. The number of aromatic nitrogens is 1. The van der Waals surface area contributed by atoms with Gasteiger partial charge in [0.1, 0.15) is 5.01 Å². The molecule has 1 aromatic rings. The molecule has 20 heavy (non-hydrogen) atoms. The van der Waals surface area contributed by atoms with Gasteiger partial charge in [-0.2, -0.15) is 0 Å². The van der Waals surface area contributed by atoms with Crippen molar-refractivity contribution in [1.82, 2.24) is 9.88 Å². The van der Waals surface area contributed by atoms with E-state index < -0.39 is 0 Å². The molecule has 2 heterocycles. The van der Waals surface area contributed by atoms with Crippen LogP contribution in [0.25, 0.3) is 0 Å². The molecule has 0 radical (unpaired) electrons. The van der Waals surface area contributed by atoms with E-state index in [1.54, 1.807) is 11.3 Å². The van der Waals surface area contributed by atoms with Crippen LogP contribution in [-0.4, -0.2) is 28.9 Å². The van der Waals surface area contributed by atoms with Crippen molar-refractivity contribution in [3.05, 3.63) is 16.1 Å². The number of nitrogens with zero attached hydrogens (tertiary/aromatic N) is 3. The van der Waals surface area contributed by atoms with Crippen LogP contribution in [0.3, 0.4) is 0 Å². The number of nitrogens with two attached hydrogens (primary N) is 1. The molecule has 4 nitrogen and oxygen atoms in total. The number of rotatable bonds is 2. The summed E-state index contributed by atoms with van der Waals surface area (Å²) in [4.78, 5) is 11.4. The van der Waals surface area contributed by atoms with Crippen LogP contribution in [0.1, 0.15) is 51.2 Å². The van der Waals surface area contributed by atoms with Gasteiger partial charge in [-0.15, -0.1) is 11.3 Å². The molecule has 2 N–H and O–H groups in total. The van der Waals surface area contributed by atoms with E-state index in [1.165, 1.54) is 12.8 Å². The minimum absolute atomic E-state index is 0.103. The lowest BCUT2D eigenvalue weighted by Gasteiger charge is -2.31. The number of thiazole rings is 1. The van der Waals surface area contributed by atoms with Gasteiger partial charge in [-0.25, -0.2) is 9.98 Å². The Morgan fingerprint density at radius 3 is 2.90 bits per heavy atom. The van der Waals surface area contributed by atoms with Gasteiger partial charge in [-0.3, -0.25) is 0 Å². The highest BCUT2D eigenvalue weighted by Gasteiger charge is 2.19. The summed E-state index contributed by atoms with van der Waals surface area (Å²) in [6.07, 6.45) is 2.51. The Bertz CT molecular complexity index is 472. The Hall–Kier alpha value is -1.10. The third-order valence-electron chi connectivity index (χ3n) is 3.68. The van der Waals surface area contributed by atoms with E-state index in [9.17, 15) is 0 Å². The summed E-state index contributed by atoms with van der Waals surface area (Å²) in [5.41, 5.74) is 7.34. The smallest absolute Gasteiger partial charge is 0.191 e. The zero-order valence-electron chi connectivity index (χ0n) is 13.0. The van der Waals surface area contributed by atoms with Gasteiger partial charge >= 0.3 is 0 Å². The van der Waals surface area contributed by atoms with Crippen molar-refractivity contribution in [3.8, 4) is 0 Å². The Kier molecular flexibility index (Phi) is 4.68. The molecule has 1 saturated heterocycles. The van der Waals surface area contributed by atoms with Gasteiger partial charge in [0.15, 0.2) is 5.96 Å². The van der Waals surface area contributed by atoms with Crippen LogP contribution in [-0.2, 0) is 12.0 Å². The molecule has 0 bridgehead atoms. The van der Waals surface area contributed by atoms with Crippen LogP contribution in [0.5, 0.6) is 0 Å². The average Bonchev–Trinajstić information content (AvgIpc) is 2.84. The number of aliphatic imine (C=N–C) groups is 1. The fourth-order valence-corrected chi connectivity index (χ4v) is 3.32. The SMILES string of the molecule is CC1CCCN(C(N)=NCc2nc(C(C)(C)C)cs2)C1. The third kappa shape index (κ3) is 3.95. The van der Waals surface area contributed by atoms with Crippen molar-refractivity contribution < 1.29 is 0 Å². The highest BCUT2D eigenvalue weighted by molar-refractivity contribution is 7.09. The molecule has 2 rings (SSSR count). The van der Waals surface area contributed by atoms with E-state index >= 15 is 0 Å². The minimum atomic E-state index is 0.103. The van der Waals surface area contributed by atoms with E-state index in [2.05, 4.69) is 48.0 Å². The molecule has 1 aromatic heterocycles. The van der Waals surface area contributed by atoms with Gasteiger partial charge in [-0.05, 0) is 18.8 Å². The van der Waals surface area contributed by atoms with E-state index in [0.717, 1.165) is 23.8 Å². The molecule has 5 heteroatoms. The van der Waals surface area contributed by atoms with Gasteiger partial charge in [0.25, 0.3) is 0 Å². The molecule has 0 saturated carbocycles. The Morgan fingerprint density at radius 2 is 2.30 bits per heavy atom. The lowest BCUT2D eigenvalue weighted by Crippen LogP contribution is -2.43. The number of piperidine rings is 1. The summed E-state index contributed by atoms with van der Waals surface area (Å²) in [6, 6.07) is 0. The highest BCUT2D eigenvalue weighted by atomic mass is 32.1. The first-order valence-electron chi connectivity index (χ1n) is 7.36. The molecule has 1 unspecified atom stereocenters. The van der Waals surface area contributed by atoms with E-state index in [1.807, 2.05) is 0 Å². The van der Waals surface area contributed by atoms with Crippen LogP contribution < -0.4 is 5.73 Å². The van der Waals surface area contributed by atoms with E-state index in [-0.39, 0.29) is 5.41 Å². The molecule has 0 aliphatic carbocycles. The van der Waals surface area contributed by atoms with E-state index in [4.69, 9.17) is 5.73 Å². The van der Waals surface area contributed by atoms with Crippen molar-refractivity contribution in [2.45, 2.75) is 52.5 Å². The van der Waals surface area contributed by atoms with Gasteiger partial charge < -0.3 is 10.6 Å². The third-order valence-corrected chi connectivity index (χ3v) is 4.51. The monoisotopic (exact) mass is 294 g/mol. The number of guanidine groups is 1. The van der Waals surface area contributed by atoms with Gasteiger partial charge in [0.05, 0.1) is 12.2 Å². The maximum atomic E-state index is 6.10. The first-order valence-corrected chi connectivity index (χ1v) is 8.24. The summed E-state index contributed by atoms with van der Waals surface area (Å²) in [5.74, 6) is 1.38. The average molecular weight is 294 g/mol. The van der Waals surface area contributed by atoms with Crippen LogP contribution in [0.4, 0.5) is 0 Å². The summed E-state index contributed by atoms with van der Waals surface area (Å²) < 4.78 is 0. The molecule has 1 aliphatic rings. The maximum absolute atomic E-state index is 6.10. The zero-order valence-corrected chi connectivity index (χ0v) is 13.8. The lowest BCUT2D eigenvalue weighted by atomic mass is 9.93. The lowest BCUT2D eigenvalue weighted by molar-refractivity contribution is 0.270. The van der Waals surface area contributed by atoms with Gasteiger partial charge in [-0.1, -0.05) is 27.7 Å². The molecule has 0 spiro atoms. The minimum Gasteiger partial charge on any atom is -0.370 e. The second-order valence-electron chi connectivity index (χ2n) is 6.74. The molecule has 1 aliphatic heterocycles. The molecule has 0 aromatic carbocycles. The Balaban J connectivity index is 1.96. The van der Waals surface area contributed by atoms with Crippen molar-refractivity contribution in [3.63, 3.8) is 0 Å². The molecule has 112 valence electrons. The first kappa shape index (κ1) is 15.3. The quantitative estimate of drug-likeness (QED) is 0.674. The zero-order chi connectivity index (χ0) is 14.8. The van der Waals surface area contributed by atoms with Crippen LogP contribution in [0, 0.1) is 5.92 Å². The van der Waals surface area contributed by atoms with Crippen molar-refractivity contribution in [2.24, 2.45) is 16.6 Å². The molecular weight excluding hydrogens is 268 g/mol. The maximum Gasteiger partial charge on any atom is 0.191 e. The van der Waals surface area contributed by atoms with Crippen molar-refractivity contribution in [2.75, 3.05) is 13.1 Å². The largest absolute Gasteiger partial charge is 0.370 e. The summed E-state index contributed by atoms with van der Waals surface area (Å²) in [6.45, 7) is 11.5. The predicted octanol–water partition coefficient (Wildman–Crippen LogP) is 2.99. The molecule has 1 fully saturated rings. The Morgan fingerprint density at radius 1 is 1.55 bits per heavy atom. The van der Waals surface area contributed by atoms with Gasteiger partial charge in [0, 0.05) is 23.9 Å². The fourth-order valence-electron chi connectivity index (χ4n) is 2.37. The summed E-state index contributed by atoms with van der Waals surface area (Å²) in [7, 11) is 0. The second kappa shape index (κ2) is 6.12. The topological polar surface area (TPSA) is 54.5 Å². The normalized spacial score (nSPS) is 21.3. The fraction of sp³-hybridized carbons (Fsp3) is 0.733. The van der Waals surface area contributed by atoms with Gasteiger partial charge in [0.2, 0.25) is 0 Å². The number of likely N-dealkylation sites (tertiary alicyclic amines) is 1. The molecular formula is C15H26N4S. The second-order valence-corrected chi connectivity index (χ2v) is 7.69. The number of hydrogen-bond acceptors (Lipinski definition) is 3. The van der Waals surface area contributed by atoms with E-state index in [0.29, 0.717) is 18.4 Å². The molecule has 1 atom stereocenters. The van der Waals surface area contributed by atoms with Crippen molar-refractivity contribution >= 4 is 17.3 Å². The van der Waals surface area contributed by atoms with Crippen LogP contribution in [0.2, 0.25) is 0 Å².